The molecule has 1 fully saturated rings. The van der Waals surface area contributed by atoms with E-state index in [0.29, 0.717) is 34.6 Å². The van der Waals surface area contributed by atoms with Crippen LogP contribution in [0.1, 0.15) is 44.0 Å². The Morgan fingerprint density at radius 2 is 1.88 bits per heavy atom. The summed E-state index contributed by atoms with van der Waals surface area (Å²) in [6.45, 7) is 8.92. The monoisotopic (exact) mass is 437 g/mol. The van der Waals surface area contributed by atoms with Gasteiger partial charge in [-0.1, -0.05) is 20.8 Å². The second-order valence-corrected chi connectivity index (χ2v) is 9.25. The molecule has 1 amide bonds. The average molecular weight is 438 g/mol. The quantitative estimate of drug-likeness (QED) is 0.544. The maximum Gasteiger partial charge on any atom is 0.251 e. The Kier molecular flexibility index (Phi) is 6.27. The molecular weight excluding hydrogens is 406 g/mol. The SMILES string of the molecule is CC(C)(C)C1CCN(c2nc(Nc3ccc(C(=O)NCCO)cc3)n3ccnc3n2)CC1. The van der Waals surface area contributed by atoms with Crippen molar-refractivity contribution >= 4 is 29.3 Å². The van der Waals surface area contributed by atoms with Crippen molar-refractivity contribution < 1.29 is 9.90 Å². The highest BCUT2D eigenvalue weighted by molar-refractivity contribution is 5.94. The van der Waals surface area contributed by atoms with Crippen LogP contribution in [0, 0.1) is 11.3 Å². The minimum absolute atomic E-state index is 0.0871. The van der Waals surface area contributed by atoms with Crippen molar-refractivity contribution in [1.82, 2.24) is 24.7 Å². The molecule has 0 saturated carbocycles. The summed E-state index contributed by atoms with van der Waals surface area (Å²) in [5.74, 6) is 2.37. The Morgan fingerprint density at radius 1 is 1.16 bits per heavy atom. The lowest BCUT2D eigenvalue weighted by Crippen LogP contribution is -2.39. The lowest BCUT2D eigenvalue weighted by atomic mass is 9.75. The first-order valence-electron chi connectivity index (χ1n) is 11.1. The van der Waals surface area contributed by atoms with E-state index in [1.165, 1.54) is 0 Å². The molecule has 4 rings (SSSR count). The van der Waals surface area contributed by atoms with Crippen molar-refractivity contribution in [1.29, 1.82) is 0 Å². The highest BCUT2D eigenvalue weighted by Gasteiger charge is 2.30. The summed E-state index contributed by atoms with van der Waals surface area (Å²) in [6.07, 6.45) is 5.77. The zero-order chi connectivity index (χ0) is 22.7. The summed E-state index contributed by atoms with van der Waals surface area (Å²) in [4.78, 5) is 28.1. The lowest BCUT2D eigenvalue weighted by Gasteiger charge is -2.38. The number of piperidine rings is 1. The van der Waals surface area contributed by atoms with Gasteiger partial charge in [0.2, 0.25) is 17.7 Å². The molecule has 0 atom stereocenters. The van der Waals surface area contributed by atoms with E-state index in [1.54, 1.807) is 18.3 Å². The molecule has 0 unspecified atom stereocenters. The molecule has 2 aromatic heterocycles. The smallest absolute Gasteiger partial charge is 0.251 e. The summed E-state index contributed by atoms with van der Waals surface area (Å²) in [7, 11) is 0. The number of amides is 1. The van der Waals surface area contributed by atoms with Crippen LogP contribution in [0.25, 0.3) is 5.78 Å². The van der Waals surface area contributed by atoms with E-state index in [1.807, 2.05) is 22.7 Å². The highest BCUT2D eigenvalue weighted by Crippen LogP contribution is 2.35. The highest BCUT2D eigenvalue weighted by atomic mass is 16.3. The number of nitrogens with one attached hydrogen (secondary N) is 2. The Balaban J connectivity index is 1.52. The maximum atomic E-state index is 12.0. The fourth-order valence-electron chi connectivity index (χ4n) is 4.09. The molecule has 1 aromatic carbocycles. The Bertz CT molecular complexity index is 1060. The van der Waals surface area contributed by atoms with E-state index < -0.39 is 0 Å². The minimum atomic E-state index is -0.217. The van der Waals surface area contributed by atoms with E-state index in [0.717, 1.165) is 31.6 Å². The molecule has 170 valence electrons. The van der Waals surface area contributed by atoms with E-state index in [2.05, 4.69) is 46.3 Å². The number of hydrogen-bond acceptors (Lipinski definition) is 7. The molecule has 9 nitrogen and oxygen atoms in total. The van der Waals surface area contributed by atoms with E-state index >= 15 is 0 Å². The van der Waals surface area contributed by atoms with Gasteiger partial charge in [-0.25, -0.2) is 4.98 Å². The summed E-state index contributed by atoms with van der Waals surface area (Å²) in [5.41, 5.74) is 1.64. The predicted molar refractivity (Wildman–Crippen MR) is 124 cm³/mol. The maximum absolute atomic E-state index is 12.0. The van der Waals surface area contributed by atoms with Crippen LogP contribution in [-0.2, 0) is 0 Å². The van der Waals surface area contributed by atoms with Crippen molar-refractivity contribution in [3.8, 4) is 0 Å². The molecule has 3 aromatic rings. The first kappa shape index (κ1) is 22.0. The predicted octanol–water partition coefficient (Wildman–Crippen LogP) is 2.85. The number of rotatable bonds is 6. The van der Waals surface area contributed by atoms with E-state index in [4.69, 9.17) is 10.1 Å². The van der Waals surface area contributed by atoms with Gasteiger partial charge in [-0.05, 0) is 48.4 Å². The fraction of sp³-hybridized carbons (Fsp3) is 0.478. The second kappa shape index (κ2) is 9.12. The summed E-state index contributed by atoms with van der Waals surface area (Å²) in [6, 6.07) is 7.12. The van der Waals surface area contributed by atoms with Gasteiger partial charge in [0.25, 0.3) is 5.91 Å². The summed E-state index contributed by atoms with van der Waals surface area (Å²) < 4.78 is 1.81. The Morgan fingerprint density at radius 3 is 2.53 bits per heavy atom. The third-order valence-corrected chi connectivity index (χ3v) is 6.06. The number of fused-ring (bicyclic) bond motifs is 1. The molecule has 32 heavy (non-hydrogen) atoms. The van der Waals surface area contributed by atoms with E-state index in [-0.39, 0.29) is 19.1 Å². The molecule has 0 radical (unpaired) electrons. The van der Waals surface area contributed by atoms with Crippen LogP contribution in [0.4, 0.5) is 17.6 Å². The number of carbonyl (C=O) groups is 1. The zero-order valence-corrected chi connectivity index (χ0v) is 18.9. The van der Waals surface area contributed by atoms with Crippen LogP contribution in [0.15, 0.2) is 36.7 Å². The number of aliphatic hydroxyl groups is 1. The Hall–Kier alpha value is -3.20. The molecule has 1 aliphatic heterocycles. The number of carbonyl (C=O) groups excluding carboxylic acids is 1. The molecule has 0 bridgehead atoms. The second-order valence-electron chi connectivity index (χ2n) is 9.25. The summed E-state index contributed by atoms with van der Waals surface area (Å²) >= 11 is 0. The van der Waals surface area contributed by atoms with Gasteiger partial charge in [0.15, 0.2) is 0 Å². The number of benzene rings is 1. The zero-order valence-electron chi connectivity index (χ0n) is 18.9. The molecule has 0 aliphatic carbocycles. The number of aliphatic hydroxyl groups excluding tert-OH is 1. The normalized spacial score (nSPS) is 15.2. The van der Waals surface area contributed by atoms with E-state index in [9.17, 15) is 4.79 Å². The summed E-state index contributed by atoms with van der Waals surface area (Å²) in [5, 5.41) is 14.8. The van der Waals surface area contributed by atoms with Gasteiger partial charge < -0.3 is 20.6 Å². The molecule has 9 heteroatoms. The van der Waals surface area contributed by atoms with Gasteiger partial charge in [0, 0.05) is 43.3 Å². The molecule has 3 N–H and O–H groups in total. The standard InChI is InChI=1S/C23H31N7O2/c1-23(2,3)17-8-12-29(13-9-17)21-27-20-25-10-14-30(20)22(28-21)26-18-6-4-16(5-7-18)19(32)24-11-15-31/h4-7,10,14,17,31H,8-9,11-13,15H2,1-3H3,(H,24,32)(H,25,26,27,28). The van der Waals surface area contributed by atoms with Gasteiger partial charge in [0.1, 0.15) is 0 Å². The van der Waals surface area contributed by atoms with Crippen molar-refractivity contribution in [3.05, 3.63) is 42.2 Å². The molecule has 1 aliphatic rings. The van der Waals surface area contributed by atoms with Crippen molar-refractivity contribution in [2.75, 3.05) is 36.5 Å². The largest absolute Gasteiger partial charge is 0.395 e. The van der Waals surface area contributed by atoms with Crippen LogP contribution >= 0.6 is 0 Å². The number of hydrogen-bond donors (Lipinski definition) is 3. The van der Waals surface area contributed by atoms with Crippen LogP contribution in [0.3, 0.4) is 0 Å². The Labute approximate surface area is 187 Å². The van der Waals surface area contributed by atoms with Crippen molar-refractivity contribution in [2.24, 2.45) is 11.3 Å². The minimum Gasteiger partial charge on any atom is -0.395 e. The molecule has 0 spiro atoms. The third kappa shape index (κ3) is 4.83. The molecule has 3 heterocycles. The number of anilines is 3. The third-order valence-electron chi connectivity index (χ3n) is 6.06. The van der Waals surface area contributed by atoms with Gasteiger partial charge in [-0.3, -0.25) is 9.20 Å². The lowest BCUT2D eigenvalue weighted by molar-refractivity contribution is 0.0945. The van der Waals surface area contributed by atoms with Crippen LogP contribution in [0.5, 0.6) is 0 Å². The number of aromatic nitrogens is 4. The average Bonchev–Trinajstić information content (AvgIpc) is 3.26. The van der Waals surface area contributed by atoms with Crippen LogP contribution in [-0.4, -0.2) is 56.6 Å². The van der Waals surface area contributed by atoms with Gasteiger partial charge in [0.05, 0.1) is 6.61 Å². The van der Waals surface area contributed by atoms with Crippen molar-refractivity contribution in [3.63, 3.8) is 0 Å². The first-order chi connectivity index (χ1) is 15.3. The van der Waals surface area contributed by atoms with Crippen molar-refractivity contribution in [2.45, 2.75) is 33.6 Å². The van der Waals surface area contributed by atoms with Gasteiger partial charge >= 0.3 is 0 Å². The number of imidazole rings is 1. The van der Waals surface area contributed by atoms with Crippen LogP contribution in [0.2, 0.25) is 0 Å². The molecular formula is C23H31N7O2. The van der Waals surface area contributed by atoms with Crippen LogP contribution < -0.4 is 15.5 Å². The van der Waals surface area contributed by atoms with Gasteiger partial charge in [-0.2, -0.15) is 9.97 Å². The number of nitrogens with zero attached hydrogens (tertiary/aromatic N) is 5. The topological polar surface area (TPSA) is 108 Å². The fourth-order valence-corrected chi connectivity index (χ4v) is 4.09. The molecule has 1 saturated heterocycles. The van der Waals surface area contributed by atoms with Gasteiger partial charge in [-0.15, -0.1) is 0 Å². The first-order valence-corrected chi connectivity index (χ1v) is 11.1.